The van der Waals surface area contributed by atoms with Crippen molar-refractivity contribution >= 4 is 5.82 Å². The van der Waals surface area contributed by atoms with Crippen molar-refractivity contribution in [3.05, 3.63) is 12.4 Å². The summed E-state index contributed by atoms with van der Waals surface area (Å²) in [5.41, 5.74) is 0. The summed E-state index contributed by atoms with van der Waals surface area (Å²) in [6.07, 6.45) is 5.99. The highest BCUT2D eigenvalue weighted by Crippen LogP contribution is 2.36. The number of alkyl halides is 2. The molecule has 1 aromatic heterocycles. The minimum absolute atomic E-state index is 0.0729. The number of rotatable bonds is 3. The molecule has 0 spiro atoms. The van der Waals surface area contributed by atoms with Gasteiger partial charge in [-0.05, 0) is 25.8 Å². The molecule has 0 aliphatic carbocycles. The Hall–Kier alpha value is -1.50. The molecule has 0 radical (unpaired) electrons. The van der Waals surface area contributed by atoms with Gasteiger partial charge < -0.3 is 15.0 Å². The summed E-state index contributed by atoms with van der Waals surface area (Å²) in [6, 6.07) is 0.612. The van der Waals surface area contributed by atoms with E-state index in [4.69, 9.17) is 0 Å². The van der Waals surface area contributed by atoms with E-state index < -0.39 is 6.61 Å². The Kier molecular flexibility index (Phi) is 3.46. The van der Waals surface area contributed by atoms with Crippen LogP contribution in [0.2, 0.25) is 0 Å². The van der Waals surface area contributed by atoms with E-state index in [0.717, 1.165) is 32.4 Å². The largest absolute Gasteiger partial charge is 0.413 e. The third-order valence-corrected chi connectivity index (χ3v) is 3.75. The van der Waals surface area contributed by atoms with Crippen LogP contribution in [-0.2, 0) is 0 Å². The molecule has 0 aromatic carbocycles. The molecule has 0 saturated carbocycles. The van der Waals surface area contributed by atoms with Crippen LogP contribution in [0.1, 0.15) is 19.3 Å². The third kappa shape index (κ3) is 2.47. The summed E-state index contributed by atoms with van der Waals surface area (Å²) in [6.45, 7) is -1.08. The second-order valence-electron chi connectivity index (χ2n) is 4.85. The Labute approximate surface area is 110 Å². The number of hydrogen-bond donors (Lipinski definition) is 1. The molecule has 0 amide bonds. The minimum atomic E-state index is -2.88. The summed E-state index contributed by atoms with van der Waals surface area (Å²) in [4.78, 5) is 10.2. The van der Waals surface area contributed by atoms with Gasteiger partial charge in [0.25, 0.3) is 5.88 Å². The Morgan fingerprint density at radius 2 is 2.00 bits per heavy atom. The number of nitrogens with zero attached hydrogens (tertiary/aromatic N) is 3. The highest BCUT2D eigenvalue weighted by Gasteiger charge is 2.37. The van der Waals surface area contributed by atoms with Crippen LogP contribution in [0.4, 0.5) is 14.6 Å². The lowest BCUT2D eigenvalue weighted by molar-refractivity contribution is -0.0527. The van der Waals surface area contributed by atoms with Gasteiger partial charge in [0.15, 0.2) is 5.82 Å². The molecule has 7 heteroatoms. The molecule has 2 unspecified atom stereocenters. The maximum atomic E-state index is 12.4. The first-order valence-electron chi connectivity index (χ1n) is 6.50. The quantitative estimate of drug-likeness (QED) is 0.900. The molecule has 3 rings (SSSR count). The van der Waals surface area contributed by atoms with Gasteiger partial charge in [0.1, 0.15) is 0 Å². The predicted molar refractivity (Wildman–Crippen MR) is 65.4 cm³/mol. The van der Waals surface area contributed by atoms with Crippen LogP contribution in [0.3, 0.4) is 0 Å². The summed E-state index contributed by atoms with van der Waals surface area (Å²) >= 11 is 0. The SMILES string of the molecule is FC(F)Oc1nccnc1N1C2CCNCC1CC2. The molecule has 2 bridgehead atoms. The molecule has 2 saturated heterocycles. The molecular weight excluding hydrogens is 254 g/mol. The van der Waals surface area contributed by atoms with E-state index in [1.165, 1.54) is 12.4 Å². The van der Waals surface area contributed by atoms with Crippen molar-refractivity contribution in [2.24, 2.45) is 0 Å². The Balaban J connectivity index is 1.92. The van der Waals surface area contributed by atoms with Crippen LogP contribution < -0.4 is 15.0 Å². The van der Waals surface area contributed by atoms with Gasteiger partial charge in [0.2, 0.25) is 0 Å². The summed E-state index contributed by atoms with van der Waals surface area (Å²) < 4.78 is 29.4. The number of aromatic nitrogens is 2. The van der Waals surface area contributed by atoms with Crippen molar-refractivity contribution in [2.45, 2.75) is 38.0 Å². The fourth-order valence-corrected chi connectivity index (χ4v) is 2.99. The van der Waals surface area contributed by atoms with Crippen molar-refractivity contribution in [3.8, 4) is 5.88 Å². The van der Waals surface area contributed by atoms with Gasteiger partial charge in [-0.3, -0.25) is 0 Å². The second kappa shape index (κ2) is 5.24. The molecule has 2 fully saturated rings. The topological polar surface area (TPSA) is 50.3 Å². The van der Waals surface area contributed by atoms with Crippen molar-refractivity contribution in [3.63, 3.8) is 0 Å². The average molecular weight is 270 g/mol. The zero-order valence-corrected chi connectivity index (χ0v) is 10.4. The number of nitrogens with one attached hydrogen (secondary N) is 1. The first-order chi connectivity index (χ1) is 9.25. The molecule has 3 heterocycles. The number of anilines is 1. The first kappa shape index (κ1) is 12.5. The number of fused-ring (bicyclic) bond motifs is 2. The lowest BCUT2D eigenvalue weighted by atomic mass is 10.1. The van der Waals surface area contributed by atoms with E-state index >= 15 is 0 Å². The zero-order valence-electron chi connectivity index (χ0n) is 10.4. The molecule has 1 aromatic rings. The van der Waals surface area contributed by atoms with E-state index in [2.05, 4.69) is 24.9 Å². The predicted octanol–water partition coefficient (Wildman–Crippen LogP) is 1.41. The van der Waals surface area contributed by atoms with Crippen LogP contribution in [0.5, 0.6) is 5.88 Å². The standard InChI is InChI=1S/C12H16F2N4O/c13-12(14)19-11-10(16-5-6-17-11)18-8-1-2-9(18)7-15-4-3-8/h5-6,8-9,12,15H,1-4,7H2. The van der Waals surface area contributed by atoms with Crippen molar-refractivity contribution in [2.75, 3.05) is 18.0 Å². The minimum Gasteiger partial charge on any atom is -0.413 e. The molecule has 2 aliphatic rings. The Morgan fingerprint density at radius 3 is 2.84 bits per heavy atom. The van der Waals surface area contributed by atoms with Crippen LogP contribution >= 0.6 is 0 Å². The van der Waals surface area contributed by atoms with E-state index in [9.17, 15) is 8.78 Å². The first-order valence-corrected chi connectivity index (χ1v) is 6.50. The lowest BCUT2D eigenvalue weighted by Crippen LogP contribution is -2.39. The summed E-state index contributed by atoms with van der Waals surface area (Å²) in [5, 5.41) is 3.36. The highest BCUT2D eigenvalue weighted by atomic mass is 19.3. The van der Waals surface area contributed by atoms with Gasteiger partial charge in [-0.1, -0.05) is 0 Å². The van der Waals surface area contributed by atoms with Gasteiger partial charge >= 0.3 is 6.61 Å². The monoisotopic (exact) mass is 270 g/mol. The fraction of sp³-hybridized carbons (Fsp3) is 0.667. The van der Waals surface area contributed by atoms with Crippen molar-refractivity contribution in [1.29, 1.82) is 0 Å². The third-order valence-electron chi connectivity index (χ3n) is 3.75. The Bertz CT molecular complexity index is 431. The number of hydrogen-bond acceptors (Lipinski definition) is 5. The number of halogens is 2. The van der Waals surface area contributed by atoms with Crippen LogP contribution in [0.15, 0.2) is 12.4 Å². The molecular formula is C12H16F2N4O. The van der Waals surface area contributed by atoms with E-state index in [0.29, 0.717) is 11.9 Å². The summed E-state index contributed by atoms with van der Waals surface area (Å²) in [5.74, 6) is 0.371. The molecule has 5 nitrogen and oxygen atoms in total. The summed E-state index contributed by atoms with van der Waals surface area (Å²) in [7, 11) is 0. The zero-order chi connectivity index (χ0) is 13.2. The molecule has 19 heavy (non-hydrogen) atoms. The highest BCUT2D eigenvalue weighted by molar-refractivity contribution is 5.51. The van der Waals surface area contributed by atoms with Crippen LogP contribution in [0.25, 0.3) is 0 Å². The van der Waals surface area contributed by atoms with Crippen LogP contribution in [-0.4, -0.2) is 41.8 Å². The smallest absolute Gasteiger partial charge is 0.388 e. The molecule has 104 valence electrons. The molecule has 2 aliphatic heterocycles. The lowest BCUT2D eigenvalue weighted by Gasteiger charge is -2.29. The van der Waals surface area contributed by atoms with Crippen molar-refractivity contribution < 1.29 is 13.5 Å². The van der Waals surface area contributed by atoms with E-state index in [1.807, 2.05) is 0 Å². The molecule has 2 atom stereocenters. The molecule has 1 N–H and O–H groups in total. The van der Waals surface area contributed by atoms with Gasteiger partial charge in [-0.25, -0.2) is 9.97 Å². The average Bonchev–Trinajstić information content (AvgIpc) is 2.63. The van der Waals surface area contributed by atoms with E-state index in [-0.39, 0.29) is 11.9 Å². The Morgan fingerprint density at radius 1 is 1.21 bits per heavy atom. The van der Waals surface area contributed by atoms with Crippen LogP contribution in [0, 0.1) is 0 Å². The number of ether oxygens (including phenoxy) is 1. The fourth-order valence-electron chi connectivity index (χ4n) is 2.99. The van der Waals surface area contributed by atoms with E-state index in [1.54, 1.807) is 0 Å². The van der Waals surface area contributed by atoms with Gasteiger partial charge in [0, 0.05) is 31.0 Å². The maximum Gasteiger partial charge on any atom is 0.388 e. The second-order valence-corrected chi connectivity index (χ2v) is 4.85. The van der Waals surface area contributed by atoms with Crippen molar-refractivity contribution in [1.82, 2.24) is 15.3 Å². The van der Waals surface area contributed by atoms with Gasteiger partial charge in [-0.2, -0.15) is 8.78 Å². The van der Waals surface area contributed by atoms with Gasteiger partial charge in [-0.15, -0.1) is 0 Å². The maximum absolute atomic E-state index is 12.4. The normalized spacial score (nSPS) is 26.6. The van der Waals surface area contributed by atoms with Gasteiger partial charge in [0.05, 0.1) is 0 Å².